The second-order valence-corrected chi connectivity index (χ2v) is 15.6. The lowest BCUT2D eigenvalue weighted by atomic mass is 10.2. The maximum absolute atomic E-state index is 10.1. The molecule has 1 unspecified atom stereocenters. The summed E-state index contributed by atoms with van der Waals surface area (Å²) in [6.45, 7) is 4.43. The summed E-state index contributed by atoms with van der Waals surface area (Å²) in [5.74, 6) is 0.318. The largest absolute Gasteiger partial charge is 0.508 e. The van der Waals surface area contributed by atoms with E-state index >= 15 is 0 Å². The lowest BCUT2D eigenvalue weighted by Gasteiger charge is -2.28. The van der Waals surface area contributed by atoms with E-state index < -0.39 is 15.2 Å². The third-order valence-corrected chi connectivity index (χ3v) is 14.2. The molecule has 1 N–H and O–H groups in total. The van der Waals surface area contributed by atoms with Crippen molar-refractivity contribution in [2.75, 3.05) is 6.16 Å². The van der Waals surface area contributed by atoms with Crippen molar-refractivity contribution in [3.05, 3.63) is 139 Å². The summed E-state index contributed by atoms with van der Waals surface area (Å²) in [6, 6.07) is 48.5. The summed E-state index contributed by atoms with van der Waals surface area (Å²) < 4.78 is 0. The number of hydrogen-bond donors (Lipinski definition) is 1. The SMILES string of the molecule is CCCC[P+](c1ccc(C)cc1)(c1ccc(O)cc1)c1ccc(P(c2ccccc2)c2ccccc2)cc1. The van der Waals surface area contributed by atoms with Crippen LogP contribution in [0.4, 0.5) is 0 Å². The fraction of sp³-hybridized carbons (Fsp3) is 0.143. The van der Waals surface area contributed by atoms with Crippen molar-refractivity contribution in [1.29, 1.82) is 0 Å². The normalized spacial score (nSPS) is 12.8. The molecular weight excluding hydrogens is 498 g/mol. The fourth-order valence-corrected chi connectivity index (χ4v) is 11.9. The van der Waals surface area contributed by atoms with Gasteiger partial charge in [0.1, 0.15) is 28.9 Å². The molecule has 0 bridgehead atoms. The van der Waals surface area contributed by atoms with Crippen molar-refractivity contribution in [3.63, 3.8) is 0 Å². The Labute approximate surface area is 229 Å². The third-order valence-electron chi connectivity index (χ3n) is 7.19. The molecule has 1 nitrogen and oxygen atoms in total. The zero-order valence-corrected chi connectivity index (χ0v) is 24.0. The topological polar surface area (TPSA) is 20.2 Å². The molecule has 190 valence electrons. The van der Waals surface area contributed by atoms with E-state index in [1.54, 1.807) is 0 Å². The second-order valence-electron chi connectivity index (χ2n) is 9.76. The van der Waals surface area contributed by atoms with E-state index in [-0.39, 0.29) is 0 Å². The maximum atomic E-state index is 10.1. The first-order chi connectivity index (χ1) is 18.6. The molecule has 0 spiro atoms. The van der Waals surface area contributed by atoms with Gasteiger partial charge in [0.15, 0.2) is 0 Å². The number of aromatic hydroxyl groups is 1. The number of phenolic OH excluding ortho intramolecular Hbond substituents is 1. The van der Waals surface area contributed by atoms with Crippen LogP contribution >= 0.6 is 15.2 Å². The van der Waals surface area contributed by atoms with Gasteiger partial charge in [-0.15, -0.1) is 0 Å². The molecule has 5 aromatic rings. The van der Waals surface area contributed by atoms with Crippen molar-refractivity contribution >= 4 is 47.0 Å². The second kappa shape index (κ2) is 12.1. The van der Waals surface area contributed by atoms with Gasteiger partial charge < -0.3 is 5.11 Å². The molecule has 0 amide bonds. The van der Waals surface area contributed by atoms with Gasteiger partial charge in [0.05, 0.1) is 6.16 Å². The van der Waals surface area contributed by atoms with E-state index in [0.717, 1.165) is 19.0 Å². The van der Waals surface area contributed by atoms with Crippen LogP contribution in [0.3, 0.4) is 0 Å². The third kappa shape index (κ3) is 5.47. The van der Waals surface area contributed by atoms with Gasteiger partial charge in [-0.3, -0.25) is 0 Å². The number of phenols is 1. The van der Waals surface area contributed by atoms with Gasteiger partial charge in [0.2, 0.25) is 0 Å². The molecule has 5 rings (SSSR count). The van der Waals surface area contributed by atoms with E-state index in [1.165, 1.54) is 37.4 Å². The first-order valence-electron chi connectivity index (χ1n) is 13.4. The number of unbranched alkanes of at least 4 members (excludes halogenated alkanes) is 1. The lowest BCUT2D eigenvalue weighted by Crippen LogP contribution is -2.34. The Balaban J connectivity index is 1.66. The minimum absolute atomic E-state index is 0.318. The highest BCUT2D eigenvalue weighted by atomic mass is 31.2. The molecule has 0 aromatic heterocycles. The van der Waals surface area contributed by atoms with Gasteiger partial charge in [-0.2, -0.15) is 0 Å². The van der Waals surface area contributed by atoms with Crippen LogP contribution in [0.2, 0.25) is 0 Å². The van der Waals surface area contributed by atoms with Gasteiger partial charge in [-0.25, -0.2) is 0 Å². The minimum Gasteiger partial charge on any atom is -0.508 e. The van der Waals surface area contributed by atoms with E-state index in [0.29, 0.717) is 5.75 Å². The molecule has 1 atom stereocenters. The maximum Gasteiger partial charge on any atom is 0.115 e. The molecule has 0 radical (unpaired) electrons. The zero-order valence-electron chi connectivity index (χ0n) is 22.2. The molecule has 0 heterocycles. The van der Waals surface area contributed by atoms with Crippen molar-refractivity contribution in [2.24, 2.45) is 0 Å². The average Bonchev–Trinajstić information content (AvgIpc) is 2.97. The van der Waals surface area contributed by atoms with E-state index in [2.05, 4.69) is 135 Å². The molecule has 38 heavy (non-hydrogen) atoms. The van der Waals surface area contributed by atoms with Crippen LogP contribution in [0.1, 0.15) is 25.3 Å². The summed E-state index contributed by atoms with van der Waals surface area (Å²) in [7, 11) is -2.55. The Hall–Kier alpha value is -3.24. The Kier molecular flexibility index (Phi) is 8.38. The summed E-state index contributed by atoms with van der Waals surface area (Å²) in [6.07, 6.45) is 3.42. The van der Waals surface area contributed by atoms with Gasteiger partial charge in [-0.05, 0) is 97.8 Å². The van der Waals surface area contributed by atoms with Crippen LogP contribution in [0.5, 0.6) is 5.75 Å². The number of aryl methyl sites for hydroxylation is 1. The molecule has 0 aliphatic rings. The summed E-state index contributed by atoms with van der Waals surface area (Å²) in [5.41, 5.74) is 1.28. The molecule has 0 saturated carbocycles. The standard InChI is InChI=1S/C35H34OP2/c1-3-4-27-38(33-21-15-28(2)16-22-33,34-23-17-29(36)18-24-34)35-25-19-32(20-26-35)37(30-11-7-5-8-12-30)31-13-9-6-10-14-31/h5-26H,3-4,27H2,1-2H3/p+1. The van der Waals surface area contributed by atoms with Crippen LogP contribution in [0, 0.1) is 6.92 Å². The minimum atomic E-state index is -1.91. The molecule has 0 aliphatic carbocycles. The highest BCUT2D eigenvalue weighted by Crippen LogP contribution is 2.56. The van der Waals surface area contributed by atoms with Crippen LogP contribution in [-0.2, 0) is 0 Å². The molecule has 5 aromatic carbocycles. The molecule has 0 fully saturated rings. The first kappa shape index (κ1) is 26.4. The highest BCUT2D eigenvalue weighted by molar-refractivity contribution is 7.95. The lowest BCUT2D eigenvalue weighted by molar-refractivity contribution is 0.475. The van der Waals surface area contributed by atoms with E-state index in [4.69, 9.17) is 0 Å². The quantitative estimate of drug-likeness (QED) is 0.213. The first-order valence-corrected chi connectivity index (χ1v) is 16.7. The predicted octanol–water partition coefficient (Wildman–Crippen LogP) is 6.55. The average molecular weight is 534 g/mol. The Morgan fingerprint density at radius 2 is 0.974 bits per heavy atom. The van der Waals surface area contributed by atoms with E-state index in [9.17, 15) is 5.11 Å². The number of benzene rings is 5. The smallest absolute Gasteiger partial charge is 0.115 e. The Morgan fingerprint density at radius 1 is 0.553 bits per heavy atom. The van der Waals surface area contributed by atoms with Crippen molar-refractivity contribution in [1.82, 2.24) is 0 Å². The van der Waals surface area contributed by atoms with Crippen LogP contribution in [-0.4, -0.2) is 11.3 Å². The van der Waals surface area contributed by atoms with Gasteiger partial charge in [0.25, 0.3) is 0 Å². The van der Waals surface area contributed by atoms with Crippen molar-refractivity contribution in [2.45, 2.75) is 26.7 Å². The molecule has 3 heteroatoms. The van der Waals surface area contributed by atoms with Gasteiger partial charge in [-0.1, -0.05) is 91.7 Å². The van der Waals surface area contributed by atoms with E-state index in [1.807, 2.05) is 12.1 Å². The van der Waals surface area contributed by atoms with Crippen molar-refractivity contribution < 1.29 is 5.11 Å². The Morgan fingerprint density at radius 3 is 1.45 bits per heavy atom. The van der Waals surface area contributed by atoms with Crippen LogP contribution < -0.4 is 31.8 Å². The Bertz CT molecular complexity index is 1340. The zero-order chi connectivity index (χ0) is 26.4. The van der Waals surface area contributed by atoms with Crippen LogP contribution in [0.25, 0.3) is 0 Å². The van der Waals surface area contributed by atoms with Crippen molar-refractivity contribution in [3.8, 4) is 5.75 Å². The molecular formula is C35H35OP2+. The van der Waals surface area contributed by atoms with Gasteiger partial charge >= 0.3 is 0 Å². The fourth-order valence-electron chi connectivity index (χ4n) is 5.19. The summed E-state index contributed by atoms with van der Waals surface area (Å²) >= 11 is 0. The van der Waals surface area contributed by atoms with Crippen LogP contribution in [0.15, 0.2) is 133 Å². The highest BCUT2D eigenvalue weighted by Gasteiger charge is 2.44. The number of hydrogen-bond acceptors (Lipinski definition) is 1. The predicted molar refractivity (Wildman–Crippen MR) is 170 cm³/mol. The summed E-state index contributed by atoms with van der Waals surface area (Å²) in [4.78, 5) is 0. The molecule has 0 saturated heterocycles. The summed E-state index contributed by atoms with van der Waals surface area (Å²) in [5, 5.41) is 18.3. The monoisotopic (exact) mass is 533 g/mol. The van der Waals surface area contributed by atoms with Gasteiger partial charge in [0, 0.05) is 0 Å². The number of rotatable bonds is 9. The molecule has 0 aliphatic heterocycles.